The maximum atomic E-state index is 13.0. The van der Waals surface area contributed by atoms with Crippen LogP contribution in [0.5, 0.6) is 0 Å². The zero-order valence-electron chi connectivity index (χ0n) is 8.87. The number of unbranched alkanes of at least 4 members (excludes halogenated alkanes) is 1. The quantitative estimate of drug-likeness (QED) is 0.673. The molecular formula is C10H16FNO3. The number of piperidine rings is 1. The first kappa shape index (κ1) is 11.9. The maximum absolute atomic E-state index is 13.0. The smallest absolute Gasteiger partial charge is 0.409 e. The molecule has 0 saturated carbocycles. The van der Waals surface area contributed by atoms with Crippen LogP contribution in [0.4, 0.5) is 9.18 Å². The Hall–Kier alpha value is -1.13. The minimum atomic E-state index is -1.54. The van der Waals surface area contributed by atoms with Gasteiger partial charge in [0.15, 0.2) is 12.0 Å². The van der Waals surface area contributed by atoms with Gasteiger partial charge < -0.3 is 9.64 Å². The molecule has 0 radical (unpaired) electrons. The fourth-order valence-corrected chi connectivity index (χ4v) is 1.35. The van der Waals surface area contributed by atoms with Gasteiger partial charge in [0.25, 0.3) is 0 Å². The Morgan fingerprint density at radius 3 is 3.00 bits per heavy atom. The lowest BCUT2D eigenvalue weighted by Gasteiger charge is -2.27. The lowest BCUT2D eigenvalue weighted by Crippen LogP contribution is -2.45. The number of alkyl halides is 1. The van der Waals surface area contributed by atoms with Crippen LogP contribution in [0.15, 0.2) is 0 Å². The molecule has 0 aromatic heterocycles. The van der Waals surface area contributed by atoms with Crippen molar-refractivity contribution in [3.63, 3.8) is 0 Å². The maximum Gasteiger partial charge on any atom is 0.409 e. The van der Waals surface area contributed by atoms with E-state index in [0.717, 1.165) is 12.8 Å². The molecule has 0 spiro atoms. The first-order valence-corrected chi connectivity index (χ1v) is 5.23. The predicted molar refractivity (Wildman–Crippen MR) is 52.3 cm³/mol. The number of nitrogens with zero attached hydrogens (tertiary/aromatic N) is 1. The number of Topliss-reactive ketones (excluding diaryl/α,β-unsaturated/α-hetero) is 1. The summed E-state index contributed by atoms with van der Waals surface area (Å²) in [4.78, 5) is 23.5. The predicted octanol–water partition coefficient (Wildman–Crippen LogP) is 1.54. The second-order valence-corrected chi connectivity index (χ2v) is 3.60. The van der Waals surface area contributed by atoms with Crippen molar-refractivity contribution in [2.75, 3.05) is 19.7 Å². The summed E-state index contributed by atoms with van der Waals surface area (Å²) in [6.07, 6.45) is -0.227. The van der Waals surface area contributed by atoms with Gasteiger partial charge in [0.2, 0.25) is 0 Å². The zero-order chi connectivity index (χ0) is 11.3. The molecule has 1 saturated heterocycles. The monoisotopic (exact) mass is 217 g/mol. The number of carbonyl (C=O) groups is 2. The molecule has 0 aromatic rings. The van der Waals surface area contributed by atoms with Crippen LogP contribution >= 0.6 is 0 Å². The Bertz CT molecular complexity index is 245. The van der Waals surface area contributed by atoms with Crippen LogP contribution in [0, 0.1) is 0 Å². The van der Waals surface area contributed by atoms with E-state index in [0.29, 0.717) is 6.61 Å². The molecule has 5 heteroatoms. The Kier molecular flexibility index (Phi) is 4.52. The van der Waals surface area contributed by atoms with Crippen molar-refractivity contribution in [3.8, 4) is 0 Å². The van der Waals surface area contributed by atoms with Crippen molar-refractivity contribution < 1.29 is 18.7 Å². The highest BCUT2D eigenvalue weighted by molar-refractivity contribution is 5.85. The Morgan fingerprint density at radius 1 is 1.67 bits per heavy atom. The number of likely N-dealkylation sites (tertiary alicyclic amines) is 1. The van der Waals surface area contributed by atoms with E-state index in [9.17, 15) is 14.0 Å². The van der Waals surface area contributed by atoms with Crippen LogP contribution in [-0.4, -0.2) is 42.6 Å². The summed E-state index contributed by atoms with van der Waals surface area (Å²) in [5, 5.41) is 0. The molecule has 1 aliphatic rings. The molecule has 1 rings (SSSR count). The third-order valence-corrected chi connectivity index (χ3v) is 2.34. The van der Waals surface area contributed by atoms with Gasteiger partial charge in [-0.05, 0) is 6.42 Å². The van der Waals surface area contributed by atoms with E-state index in [1.54, 1.807) is 0 Å². The summed E-state index contributed by atoms with van der Waals surface area (Å²) in [7, 11) is 0. The highest BCUT2D eigenvalue weighted by Crippen LogP contribution is 2.11. The van der Waals surface area contributed by atoms with E-state index in [2.05, 4.69) is 0 Å². The van der Waals surface area contributed by atoms with Crippen LogP contribution in [-0.2, 0) is 9.53 Å². The molecule has 1 fully saturated rings. The topological polar surface area (TPSA) is 46.6 Å². The van der Waals surface area contributed by atoms with Gasteiger partial charge in [0, 0.05) is 13.0 Å². The van der Waals surface area contributed by atoms with Gasteiger partial charge in [0.05, 0.1) is 13.2 Å². The minimum Gasteiger partial charge on any atom is -0.449 e. The van der Waals surface area contributed by atoms with E-state index in [1.807, 2.05) is 6.92 Å². The van der Waals surface area contributed by atoms with Crippen molar-refractivity contribution in [2.24, 2.45) is 0 Å². The second kappa shape index (κ2) is 5.68. The van der Waals surface area contributed by atoms with E-state index in [4.69, 9.17) is 4.74 Å². The fourth-order valence-electron chi connectivity index (χ4n) is 1.35. The highest BCUT2D eigenvalue weighted by atomic mass is 19.1. The molecule has 4 nitrogen and oxygen atoms in total. The number of carbonyl (C=O) groups excluding carboxylic acids is 2. The summed E-state index contributed by atoms with van der Waals surface area (Å²) < 4.78 is 17.9. The molecule has 1 aliphatic heterocycles. The lowest BCUT2D eigenvalue weighted by molar-refractivity contribution is -0.126. The molecule has 0 aliphatic carbocycles. The summed E-state index contributed by atoms with van der Waals surface area (Å²) in [5.74, 6) is -0.424. The van der Waals surface area contributed by atoms with Gasteiger partial charge in [-0.3, -0.25) is 4.79 Å². The highest BCUT2D eigenvalue weighted by Gasteiger charge is 2.30. The van der Waals surface area contributed by atoms with Crippen LogP contribution < -0.4 is 0 Å². The molecule has 0 N–H and O–H groups in total. The Balaban J connectivity index is 2.31. The molecule has 1 heterocycles. The third-order valence-electron chi connectivity index (χ3n) is 2.34. The lowest BCUT2D eigenvalue weighted by atomic mass is 10.1. The summed E-state index contributed by atoms with van der Waals surface area (Å²) in [6.45, 7) is 2.45. The van der Waals surface area contributed by atoms with Crippen molar-refractivity contribution in [2.45, 2.75) is 32.4 Å². The average molecular weight is 217 g/mol. The molecule has 0 bridgehead atoms. The van der Waals surface area contributed by atoms with Crippen molar-refractivity contribution in [1.29, 1.82) is 0 Å². The number of rotatable bonds is 3. The number of hydrogen-bond donors (Lipinski definition) is 0. The summed E-state index contributed by atoms with van der Waals surface area (Å²) in [6, 6.07) is 0. The largest absolute Gasteiger partial charge is 0.449 e. The molecule has 1 atom stereocenters. The first-order valence-electron chi connectivity index (χ1n) is 5.23. The van der Waals surface area contributed by atoms with Crippen LogP contribution in [0.2, 0.25) is 0 Å². The number of halogens is 1. The van der Waals surface area contributed by atoms with Crippen LogP contribution in [0.1, 0.15) is 26.2 Å². The van der Waals surface area contributed by atoms with Crippen LogP contribution in [0.25, 0.3) is 0 Å². The summed E-state index contributed by atoms with van der Waals surface area (Å²) >= 11 is 0. The normalized spacial score (nSPS) is 21.6. The van der Waals surface area contributed by atoms with E-state index in [1.165, 1.54) is 4.90 Å². The minimum absolute atomic E-state index is 0.0873. The standard InChI is InChI=1S/C10H16FNO3/c1-2-3-6-15-10(14)12-5-4-9(13)8(11)7-12/h8H,2-7H2,1H3. The van der Waals surface area contributed by atoms with Gasteiger partial charge in [-0.2, -0.15) is 0 Å². The van der Waals surface area contributed by atoms with Crippen molar-refractivity contribution in [3.05, 3.63) is 0 Å². The van der Waals surface area contributed by atoms with Crippen LogP contribution in [0.3, 0.4) is 0 Å². The molecule has 0 aromatic carbocycles. The van der Waals surface area contributed by atoms with Gasteiger partial charge in [0.1, 0.15) is 0 Å². The fraction of sp³-hybridized carbons (Fsp3) is 0.800. The Morgan fingerprint density at radius 2 is 2.40 bits per heavy atom. The number of hydrogen-bond acceptors (Lipinski definition) is 3. The molecule has 86 valence electrons. The van der Waals surface area contributed by atoms with E-state index in [-0.39, 0.29) is 19.5 Å². The van der Waals surface area contributed by atoms with E-state index >= 15 is 0 Å². The molecule has 1 unspecified atom stereocenters. The number of ether oxygens (including phenoxy) is 1. The second-order valence-electron chi connectivity index (χ2n) is 3.60. The first-order chi connectivity index (χ1) is 7.15. The zero-order valence-corrected chi connectivity index (χ0v) is 8.87. The number of ketones is 1. The van der Waals surface area contributed by atoms with Gasteiger partial charge in [-0.25, -0.2) is 9.18 Å². The average Bonchev–Trinajstić information content (AvgIpc) is 2.22. The van der Waals surface area contributed by atoms with E-state index < -0.39 is 18.0 Å². The van der Waals surface area contributed by atoms with Gasteiger partial charge >= 0.3 is 6.09 Å². The molecular weight excluding hydrogens is 201 g/mol. The van der Waals surface area contributed by atoms with Crippen molar-refractivity contribution in [1.82, 2.24) is 4.90 Å². The van der Waals surface area contributed by atoms with Gasteiger partial charge in [-0.15, -0.1) is 0 Å². The third kappa shape index (κ3) is 3.49. The van der Waals surface area contributed by atoms with Gasteiger partial charge in [-0.1, -0.05) is 13.3 Å². The summed E-state index contributed by atoms with van der Waals surface area (Å²) in [5.41, 5.74) is 0. The number of amides is 1. The molecule has 15 heavy (non-hydrogen) atoms. The van der Waals surface area contributed by atoms with Crippen molar-refractivity contribution >= 4 is 11.9 Å². The Labute approximate surface area is 88.4 Å². The molecule has 1 amide bonds. The SMILES string of the molecule is CCCCOC(=O)N1CCC(=O)C(F)C1.